The van der Waals surface area contributed by atoms with Crippen LogP contribution in [-0.2, 0) is 9.53 Å². The summed E-state index contributed by atoms with van der Waals surface area (Å²) in [6, 6.07) is 0. The Morgan fingerprint density at radius 3 is 2.74 bits per heavy atom. The molecule has 0 radical (unpaired) electrons. The molecule has 0 saturated carbocycles. The van der Waals surface area contributed by atoms with Crippen molar-refractivity contribution in [2.24, 2.45) is 0 Å². The second-order valence-corrected chi connectivity index (χ2v) is 4.66. The van der Waals surface area contributed by atoms with Crippen molar-refractivity contribution in [1.82, 2.24) is 15.1 Å². The fourth-order valence-electron chi connectivity index (χ4n) is 2.16. The lowest BCUT2D eigenvalue weighted by molar-refractivity contribution is -0.133. The number of nitrogens with one attached hydrogen (secondary N) is 1. The number of nitrogens with zero attached hydrogens (tertiary/aromatic N) is 2. The molecule has 0 aliphatic carbocycles. The molecule has 0 spiro atoms. The van der Waals surface area contributed by atoms with Crippen molar-refractivity contribution in [3.8, 4) is 0 Å². The Balaban J connectivity index is 2.45. The Hall–Kier alpha value is -1.17. The lowest BCUT2D eigenvalue weighted by Gasteiger charge is -2.33. The van der Waals surface area contributed by atoms with Gasteiger partial charge in [0.1, 0.15) is 0 Å². The van der Waals surface area contributed by atoms with Crippen LogP contribution in [0.2, 0.25) is 0 Å². The molecule has 19 heavy (non-hydrogen) atoms. The minimum absolute atomic E-state index is 0.116. The zero-order valence-electron chi connectivity index (χ0n) is 11.8. The van der Waals surface area contributed by atoms with Crippen molar-refractivity contribution >= 4 is 5.91 Å². The quantitative estimate of drug-likeness (QED) is 0.634. The second-order valence-electron chi connectivity index (χ2n) is 4.66. The van der Waals surface area contributed by atoms with Crippen LogP contribution in [0.1, 0.15) is 0 Å². The van der Waals surface area contributed by atoms with Crippen LogP contribution >= 0.6 is 0 Å². The first kappa shape index (κ1) is 15.9. The van der Waals surface area contributed by atoms with Gasteiger partial charge in [-0.25, -0.2) is 0 Å². The van der Waals surface area contributed by atoms with Crippen LogP contribution in [0.5, 0.6) is 0 Å². The average Bonchev–Trinajstić information content (AvgIpc) is 2.39. The Bertz CT molecular complexity index is 295. The van der Waals surface area contributed by atoms with Gasteiger partial charge >= 0.3 is 0 Å². The molecule has 0 aromatic heterocycles. The van der Waals surface area contributed by atoms with Gasteiger partial charge in [-0.1, -0.05) is 12.2 Å². The zero-order chi connectivity index (χ0) is 14.1. The van der Waals surface area contributed by atoms with Gasteiger partial charge in [-0.2, -0.15) is 0 Å². The van der Waals surface area contributed by atoms with Crippen LogP contribution in [0, 0.1) is 0 Å². The summed E-state index contributed by atoms with van der Waals surface area (Å²) in [6.45, 7) is 12.0. The van der Waals surface area contributed by atoms with Crippen LogP contribution in [0.3, 0.4) is 0 Å². The molecule has 0 aromatic rings. The monoisotopic (exact) mass is 267 g/mol. The van der Waals surface area contributed by atoms with Crippen LogP contribution in [0.15, 0.2) is 25.3 Å². The molecule has 1 unspecified atom stereocenters. The molecule has 1 rings (SSSR count). The van der Waals surface area contributed by atoms with Gasteiger partial charge in [0.25, 0.3) is 0 Å². The van der Waals surface area contributed by atoms with E-state index in [0.717, 1.165) is 19.6 Å². The number of carbonyl (C=O) groups is 1. The summed E-state index contributed by atoms with van der Waals surface area (Å²) >= 11 is 0. The topological polar surface area (TPSA) is 44.8 Å². The Morgan fingerprint density at radius 2 is 2.16 bits per heavy atom. The van der Waals surface area contributed by atoms with Gasteiger partial charge in [0.2, 0.25) is 5.91 Å². The molecule has 108 valence electrons. The van der Waals surface area contributed by atoms with Crippen molar-refractivity contribution in [3.63, 3.8) is 0 Å². The summed E-state index contributed by atoms with van der Waals surface area (Å²) in [7, 11) is 1.91. The molecule has 1 heterocycles. The minimum atomic E-state index is 0.116. The molecule has 1 aliphatic heterocycles. The van der Waals surface area contributed by atoms with E-state index in [9.17, 15) is 4.79 Å². The number of rotatable bonds is 8. The first-order valence-electron chi connectivity index (χ1n) is 6.69. The van der Waals surface area contributed by atoms with Gasteiger partial charge in [0.05, 0.1) is 19.3 Å². The van der Waals surface area contributed by atoms with Crippen molar-refractivity contribution in [2.75, 3.05) is 52.9 Å². The third-order valence-electron chi connectivity index (χ3n) is 3.07. The first-order valence-corrected chi connectivity index (χ1v) is 6.69. The number of morpholine rings is 1. The van der Waals surface area contributed by atoms with Gasteiger partial charge in [0, 0.05) is 32.7 Å². The molecule has 1 amide bonds. The Labute approximate surface area is 115 Å². The molecule has 1 N–H and O–H groups in total. The van der Waals surface area contributed by atoms with E-state index < -0.39 is 0 Å². The standard InChI is InChI=1S/C14H25N3O2/c1-4-6-17(7-5-2)14(18)12-16-8-9-19-13(11-16)10-15-3/h4-5,13,15H,1-2,6-12H2,3H3. The van der Waals surface area contributed by atoms with E-state index in [0.29, 0.717) is 26.2 Å². The molecule has 5 heteroatoms. The molecule has 1 saturated heterocycles. The van der Waals surface area contributed by atoms with E-state index in [-0.39, 0.29) is 12.0 Å². The highest BCUT2D eigenvalue weighted by atomic mass is 16.5. The maximum Gasteiger partial charge on any atom is 0.237 e. The smallest absolute Gasteiger partial charge is 0.237 e. The highest BCUT2D eigenvalue weighted by molar-refractivity contribution is 5.78. The van der Waals surface area contributed by atoms with E-state index >= 15 is 0 Å². The van der Waals surface area contributed by atoms with Crippen LogP contribution < -0.4 is 5.32 Å². The first-order chi connectivity index (χ1) is 9.21. The fourth-order valence-corrected chi connectivity index (χ4v) is 2.16. The molecule has 1 atom stereocenters. The number of ether oxygens (including phenoxy) is 1. The van der Waals surface area contributed by atoms with Gasteiger partial charge < -0.3 is 15.0 Å². The lowest BCUT2D eigenvalue weighted by atomic mass is 10.2. The molecular formula is C14H25N3O2. The Kier molecular flexibility index (Phi) is 7.40. The maximum absolute atomic E-state index is 12.2. The van der Waals surface area contributed by atoms with Crippen molar-refractivity contribution < 1.29 is 9.53 Å². The predicted octanol–water partition coefficient (Wildman–Crippen LogP) is 0.107. The number of carbonyl (C=O) groups excluding carboxylic acids is 1. The number of hydrogen-bond acceptors (Lipinski definition) is 4. The van der Waals surface area contributed by atoms with Crippen molar-refractivity contribution in [2.45, 2.75) is 6.10 Å². The van der Waals surface area contributed by atoms with Gasteiger partial charge in [-0.3, -0.25) is 9.69 Å². The molecule has 0 aromatic carbocycles. The van der Waals surface area contributed by atoms with E-state index in [1.54, 1.807) is 17.1 Å². The minimum Gasteiger partial charge on any atom is -0.374 e. The van der Waals surface area contributed by atoms with E-state index in [1.807, 2.05) is 7.05 Å². The van der Waals surface area contributed by atoms with Crippen molar-refractivity contribution in [3.05, 3.63) is 25.3 Å². The highest BCUT2D eigenvalue weighted by Gasteiger charge is 2.23. The third kappa shape index (κ3) is 5.55. The van der Waals surface area contributed by atoms with Gasteiger partial charge in [0.15, 0.2) is 0 Å². The van der Waals surface area contributed by atoms with E-state index in [1.165, 1.54) is 0 Å². The zero-order valence-corrected chi connectivity index (χ0v) is 11.8. The Morgan fingerprint density at radius 1 is 1.47 bits per heavy atom. The SMILES string of the molecule is C=CCN(CC=C)C(=O)CN1CCOC(CNC)C1. The summed E-state index contributed by atoms with van der Waals surface area (Å²) in [5, 5.41) is 3.10. The van der Waals surface area contributed by atoms with Crippen molar-refractivity contribution in [1.29, 1.82) is 0 Å². The highest BCUT2D eigenvalue weighted by Crippen LogP contribution is 2.05. The summed E-state index contributed by atoms with van der Waals surface area (Å²) in [4.78, 5) is 16.1. The number of hydrogen-bond donors (Lipinski definition) is 1. The maximum atomic E-state index is 12.2. The summed E-state index contributed by atoms with van der Waals surface area (Å²) in [6.07, 6.45) is 3.65. The molecule has 1 fully saturated rings. The summed E-state index contributed by atoms with van der Waals surface area (Å²) < 4.78 is 5.62. The van der Waals surface area contributed by atoms with Crippen LogP contribution in [-0.4, -0.2) is 74.7 Å². The molecule has 5 nitrogen and oxygen atoms in total. The molecule has 1 aliphatic rings. The van der Waals surface area contributed by atoms with Gasteiger partial charge in [-0.05, 0) is 7.05 Å². The second kappa shape index (κ2) is 8.85. The summed E-state index contributed by atoms with van der Waals surface area (Å²) in [5.41, 5.74) is 0. The van der Waals surface area contributed by atoms with Crippen LogP contribution in [0.4, 0.5) is 0 Å². The number of likely N-dealkylation sites (N-methyl/N-ethyl adjacent to an activating group) is 1. The fraction of sp³-hybridized carbons (Fsp3) is 0.643. The number of amides is 1. The van der Waals surface area contributed by atoms with Crippen LogP contribution in [0.25, 0.3) is 0 Å². The normalized spacial score (nSPS) is 19.9. The van der Waals surface area contributed by atoms with E-state index in [2.05, 4.69) is 23.4 Å². The molecule has 0 bridgehead atoms. The molecular weight excluding hydrogens is 242 g/mol. The third-order valence-corrected chi connectivity index (χ3v) is 3.07. The average molecular weight is 267 g/mol. The predicted molar refractivity (Wildman–Crippen MR) is 77.1 cm³/mol. The lowest BCUT2D eigenvalue weighted by Crippen LogP contribution is -2.50. The van der Waals surface area contributed by atoms with E-state index in [4.69, 9.17) is 4.74 Å². The van der Waals surface area contributed by atoms with Gasteiger partial charge in [-0.15, -0.1) is 13.2 Å². The summed E-state index contributed by atoms with van der Waals surface area (Å²) in [5.74, 6) is 0.116. The largest absolute Gasteiger partial charge is 0.374 e.